The summed E-state index contributed by atoms with van der Waals surface area (Å²) in [6.07, 6.45) is 2.44. The number of nitrogens with zero attached hydrogens (tertiary/aromatic N) is 2. The lowest BCUT2D eigenvalue weighted by atomic mass is 10.1. The third-order valence-electron chi connectivity index (χ3n) is 4.37. The summed E-state index contributed by atoms with van der Waals surface area (Å²) in [4.78, 5) is 19.5. The molecular formula is C21H19ClFN3O4S. The van der Waals surface area contributed by atoms with Crippen LogP contribution in [0.15, 0.2) is 53.7 Å². The van der Waals surface area contributed by atoms with Crippen LogP contribution in [0.5, 0.6) is 0 Å². The van der Waals surface area contributed by atoms with Crippen LogP contribution in [0.25, 0.3) is 11.1 Å². The number of rotatable bonds is 6. The number of anilines is 1. The van der Waals surface area contributed by atoms with Crippen molar-refractivity contribution in [3.05, 3.63) is 70.9 Å². The fourth-order valence-corrected chi connectivity index (χ4v) is 4.49. The minimum absolute atomic E-state index is 0.112. The van der Waals surface area contributed by atoms with Gasteiger partial charge in [0.25, 0.3) is 0 Å². The fourth-order valence-electron chi connectivity index (χ4n) is 2.84. The van der Waals surface area contributed by atoms with Gasteiger partial charge in [0.05, 0.1) is 12.4 Å². The number of carbonyl (C=O) groups excluding carboxylic acids is 1. The van der Waals surface area contributed by atoms with Gasteiger partial charge in [0.1, 0.15) is 16.5 Å². The second-order valence-corrected chi connectivity index (χ2v) is 8.97. The second-order valence-electron chi connectivity index (χ2n) is 6.58. The third kappa shape index (κ3) is 5.56. The number of carbonyl (C=O) groups is 1. The molecule has 3 aromatic rings. The number of aromatic nitrogens is 2. The van der Waals surface area contributed by atoms with Crippen LogP contribution in [-0.2, 0) is 20.3 Å². The van der Waals surface area contributed by atoms with E-state index < -0.39 is 32.4 Å². The van der Waals surface area contributed by atoms with Crippen molar-refractivity contribution in [3.8, 4) is 11.1 Å². The first kappa shape index (κ1) is 22.6. The molecule has 7 nitrogen and oxygen atoms in total. The van der Waals surface area contributed by atoms with E-state index in [2.05, 4.69) is 15.3 Å². The van der Waals surface area contributed by atoms with Crippen LogP contribution in [0.4, 0.5) is 15.0 Å². The molecule has 1 N–H and O–H groups in total. The zero-order valence-electron chi connectivity index (χ0n) is 16.7. The molecule has 0 aliphatic carbocycles. The predicted octanol–water partition coefficient (Wildman–Crippen LogP) is 4.79. The van der Waals surface area contributed by atoms with E-state index in [4.69, 9.17) is 16.3 Å². The summed E-state index contributed by atoms with van der Waals surface area (Å²) >= 11 is 5.72. The molecule has 31 heavy (non-hydrogen) atoms. The van der Waals surface area contributed by atoms with E-state index in [0.29, 0.717) is 22.4 Å². The minimum atomic E-state index is -3.97. The average molecular weight is 464 g/mol. The molecule has 0 fully saturated rings. The summed E-state index contributed by atoms with van der Waals surface area (Å²) in [6.45, 7) is 3.58. The normalized spacial score (nSPS) is 11.2. The molecule has 3 rings (SSSR count). The van der Waals surface area contributed by atoms with Gasteiger partial charge in [-0.3, -0.25) is 10.3 Å². The van der Waals surface area contributed by atoms with Gasteiger partial charge in [-0.15, -0.1) is 0 Å². The lowest BCUT2D eigenvalue weighted by Gasteiger charge is -2.11. The maximum atomic E-state index is 14.2. The Balaban J connectivity index is 1.91. The van der Waals surface area contributed by atoms with E-state index >= 15 is 0 Å². The predicted molar refractivity (Wildman–Crippen MR) is 115 cm³/mol. The number of sulfone groups is 1. The molecule has 2 heterocycles. The number of hydrogen-bond acceptors (Lipinski definition) is 6. The van der Waals surface area contributed by atoms with Crippen molar-refractivity contribution in [1.29, 1.82) is 0 Å². The maximum Gasteiger partial charge on any atom is 0.412 e. The summed E-state index contributed by atoms with van der Waals surface area (Å²) in [5.41, 5.74) is 2.19. The van der Waals surface area contributed by atoms with Crippen molar-refractivity contribution in [2.75, 3.05) is 11.9 Å². The Kier molecular flexibility index (Phi) is 6.87. The first-order valence-electron chi connectivity index (χ1n) is 9.23. The Hall–Kier alpha value is -3.04. The van der Waals surface area contributed by atoms with Gasteiger partial charge in [-0.25, -0.2) is 22.6 Å². The highest BCUT2D eigenvalue weighted by atomic mass is 35.5. The molecule has 1 amide bonds. The van der Waals surface area contributed by atoms with Crippen LogP contribution >= 0.6 is 11.6 Å². The van der Waals surface area contributed by atoms with Crippen LogP contribution in [0.1, 0.15) is 18.2 Å². The van der Waals surface area contributed by atoms with E-state index in [1.165, 1.54) is 12.3 Å². The molecule has 0 saturated carbocycles. The van der Waals surface area contributed by atoms with Crippen molar-refractivity contribution in [2.24, 2.45) is 0 Å². The lowest BCUT2D eigenvalue weighted by molar-refractivity contribution is 0.168. The van der Waals surface area contributed by atoms with Gasteiger partial charge in [-0.2, -0.15) is 0 Å². The Labute approximate surface area is 184 Å². The smallest absolute Gasteiger partial charge is 0.412 e. The highest BCUT2D eigenvalue weighted by Crippen LogP contribution is 2.27. The largest absolute Gasteiger partial charge is 0.450 e. The molecule has 162 valence electrons. The Bertz CT molecular complexity index is 1240. The monoisotopic (exact) mass is 463 g/mol. The van der Waals surface area contributed by atoms with Crippen molar-refractivity contribution in [1.82, 2.24) is 9.97 Å². The van der Waals surface area contributed by atoms with Crippen molar-refractivity contribution >= 4 is 33.3 Å². The first-order chi connectivity index (χ1) is 14.7. The van der Waals surface area contributed by atoms with Crippen LogP contribution in [0.3, 0.4) is 0 Å². The number of nitrogens with one attached hydrogen (secondary N) is 1. The topological polar surface area (TPSA) is 98.2 Å². The van der Waals surface area contributed by atoms with Gasteiger partial charge < -0.3 is 4.74 Å². The summed E-state index contributed by atoms with van der Waals surface area (Å²) in [6, 6.07) is 8.41. The zero-order valence-corrected chi connectivity index (χ0v) is 18.3. The van der Waals surface area contributed by atoms with Crippen LogP contribution in [-0.4, -0.2) is 31.1 Å². The number of hydrogen-bond donors (Lipinski definition) is 1. The number of aryl methyl sites for hydroxylation is 1. The number of pyridine rings is 2. The van der Waals surface area contributed by atoms with E-state index in [1.807, 2.05) is 0 Å². The van der Waals surface area contributed by atoms with Gasteiger partial charge in [0.15, 0.2) is 9.84 Å². The quantitative estimate of drug-likeness (QED) is 0.564. The Morgan fingerprint density at radius 1 is 1.16 bits per heavy atom. The number of benzene rings is 1. The molecule has 10 heteroatoms. The second kappa shape index (κ2) is 9.40. The van der Waals surface area contributed by atoms with Crippen LogP contribution < -0.4 is 5.32 Å². The van der Waals surface area contributed by atoms with E-state index in [-0.39, 0.29) is 17.4 Å². The summed E-state index contributed by atoms with van der Waals surface area (Å²) < 4.78 is 44.6. The van der Waals surface area contributed by atoms with Crippen LogP contribution in [0.2, 0.25) is 5.02 Å². The summed E-state index contributed by atoms with van der Waals surface area (Å²) in [5.74, 6) is -1.07. The first-order valence-corrected chi connectivity index (χ1v) is 11.3. The highest BCUT2D eigenvalue weighted by molar-refractivity contribution is 7.90. The van der Waals surface area contributed by atoms with E-state index in [1.54, 1.807) is 38.2 Å². The zero-order chi connectivity index (χ0) is 22.6. The van der Waals surface area contributed by atoms with Crippen molar-refractivity contribution in [3.63, 3.8) is 0 Å². The molecule has 2 aromatic heterocycles. The number of ether oxygens (including phenoxy) is 1. The molecular weight excluding hydrogens is 445 g/mol. The summed E-state index contributed by atoms with van der Waals surface area (Å²) in [7, 11) is -3.97. The standard InChI is InChI=1S/C21H19ClFN3O4S/c1-3-30-21(27)26-20-9-14(6-7-24-20)15-8-16(13(2)25-11-15)12-31(28,29)19-5-4-17(22)10-18(19)23/h4-11H,3,12H2,1-2H3,(H,24,26,27). The molecule has 0 aliphatic heterocycles. The lowest BCUT2D eigenvalue weighted by Crippen LogP contribution is -2.14. The van der Waals surface area contributed by atoms with Gasteiger partial charge >= 0.3 is 6.09 Å². The molecule has 1 aromatic carbocycles. The maximum absolute atomic E-state index is 14.2. The average Bonchev–Trinajstić information content (AvgIpc) is 2.69. The molecule has 0 atom stereocenters. The molecule has 0 aliphatic rings. The Morgan fingerprint density at radius 2 is 1.94 bits per heavy atom. The Morgan fingerprint density at radius 3 is 2.65 bits per heavy atom. The van der Waals surface area contributed by atoms with Gasteiger partial charge in [0, 0.05) is 28.7 Å². The van der Waals surface area contributed by atoms with Gasteiger partial charge in [-0.1, -0.05) is 11.6 Å². The number of halogens is 2. The van der Waals surface area contributed by atoms with Gasteiger partial charge in [-0.05, 0) is 61.4 Å². The van der Waals surface area contributed by atoms with Crippen LogP contribution in [0, 0.1) is 12.7 Å². The minimum Gasteiger partial charge on any atom is -0.450 e. The summed E-state index contributed by atoms with van der Waals surface area (Å²) in [5, 5.41) is 2.62. The molecule has 0 bridgehead atoms. The van der Waals surface area contributed by atoms with E-state index in [9.17, 15) is 17.6 Å². The SMILES string of the molecule is CCOC(=O)Nc1cc(-c2cnc(C)c(CS(=O)(=O)c3ccc(Cl)cc3F)c2)ccn1. The highest BCUT2D eigenvalue weighted by Gasteiger charge is 2.22. The third-order valence-corrected chi connectivity index (χ3v) is 6.29. The number of amides is 1. The molecule has 0 spiro atoms. The van der Waals surface area contributed by atoms with Gasteiger partial charge in [0.2, 0.25) is 0 Å². The molecule has 0 saturated heterocycles. The van der Waals surface area contributed by atoms with Crippen molar-refractivity contribution < 1.29 is 22.3 Å². The fraction of sp³-hybridized carbons (Fsp3) is 0.190. The molecule has 0 radical (unpaired) electrons. The van der Waals surface area contributed by atoms with E-state index in [0.717, 1.165) is 12.1 Å². The molecule has 0 unspecified atom stereocenters. The van der Waals surface area contributed by atoms with Crippen molar-refractivity contribution in [2.45, 2.75) is 24.5 Å².